The smallest absolute Gasteiger partial charge is 0.239 e. The van der Waals surface area contributed by atoms with E-state index >= 15 is 0 Å². The lowest BCUT2D eigenvalue weighted by Crippen LogP contribution is -2.24. The number of anilines is 2. The van der Waals surface area contributed by atoms with Gasteiger partial charge in [0.15, 0.2) is 5.13 Å². The molecule has 1 atom stereocenters. The molecule has 190 valence electrons. The molecule has 6 nitrogen and oxygen atoms in total. The van der Waals surface area contributed by atoms with E-state index in [0.717, 1.165) is 27.5 Å². The lowest BCUT2D eigenvalue weighted by Gasteiger charge is -2.14. The molecule has 0 aliphatic heterocycles. The lowest BCUT2D eigenvalue weighted by molar-refractivity contribution is -0.116. The number of rotatable bonds is 10. The van der Waals surface area contributed by atoms with Crippen LogP contribution in [0, 0.1) is 0 Å². The number of thioether (sulfide) groups is 1. The molecule has 0 radical (unpaired) electrons. The number of carbonyl (C=O) groups excluding carboxylic acids is 2. The van der Waals surface area contributed by atoms with Crippen molar-refractivity contribution in [2.45, 2.75) is 29.9 Å². The molecule has 1 aromatic heterocycles. The molecule has 37 heavy (non-hydrogen) atoms. The molecule has 0 aliphatic rings. The molecular formula is C28H26ClN3O3S2. The summed E-state index contributed by atoms with van der Waals surface area (Å²) in [5.74, 6) is 0.548. The average molecular weight is 552 g/mol. The summed E-state index contributed by atoms with van der Waals surface area (Å²) in [6.07, 6.45) is 0.890. The van der Waals surface area contributed by atoms with Crippen molar-refractivity contribution in [1.82, 2.24) is 4.98 Å². The summed E-state index contributed by atoms with van der Waals surface area (Å²) >= 11 is 8.76. The first kappa shape index (κ1) is 26.7. The highest BCUT2D eigenvalue weighted by Gasteiger charge is 2.20. The number of halogens is 1. The van der Waals surface area contributed by atoms with E-state index in [4.69, 9.17) is 16.3 Å². The van der Waals surface area contributed by atoms with E-state index in [0.29, 0.717) is 22.3 Å². The zero-order chi connectivity index (χ0) is 26.2. The molecule has 4 aromatic rings. The molecule has 2 amide bonds. The summed E-state index contributed by atoms with van der Waals surface area (Å²) in [5.41, 5.74) is 3.32. The van der Waals surface area contributed by atoms with Crippen LogP contribution in [-0.4, -0.2) is 29.2 Å². The van der Waals surface area contributed by atoms with E-state index in [1.54, 1.807) is 19.2 Å². The summed E-state index contributed by atoms with van der Waals surface area (Å²) in [4.78, 5) is 30.9. The number of aromatic nitrogens is 1. The van der Waals surface area contributed by atoms with Crippen LogP contribution in [0.1, 0.15) is 18.9 Å². The van der Waals surface area contributed by atoms with Gasteiger partial charge in [-0.15, -0.1) is 23.1 Å². The first-order valence-corrected chi connectivity index (χ1v) is 13.8. The Morgan fingerprint density at radius 1 is 1.05 bits per heavy atom. The molecule has 3 aromatic carbocycles. The van der Waals surface area contributed by atoms with Crippen LogP contribution in [0.2, 0.25) is 5.02 Å². The van der Waals surface area contributed by atoms with Crippen molar-refractivity contribution in [1.29, 1.82) is 0 Å². The van der Waals surface area contributed by atoms with Crippen LogP contribution in [0.4, 0.5) is 10.8 Å². The van der Waals surface area contributed by atoms with Gasteiger partial charge in [-0.05, 0) is 66.6 Å². The van der Waals surface area contributed by atoms with E-state index in [9.17, 15) is 9.59 Å². The summed E-state index contributed by atoms with van der Waals surface area (Å²) in [6, 6.07) is 22.3. The van der Waals surface area contributed by atoms with Crippen molar-refractivity contribution in [2.75, 3.05) is 17.7 Å². The predicted molar refractivity (Wildman–Crippen MR) is 153 cm³/mol. The van der Waals surface area contributed by atoms with Gasteiger partial charge < -0.3 is 15.4 Å². The van der Waals surface area contributed by atoms with Crippen LogP contribution in [0.5, 0.6) is 5.75 Å². The number of methoxy groups -OCH3 is 1. The third-order valence-electron chi connectivity index (χ3n) is 5.46. The first-order valence-electron chi connectivity index (χ1n) is 11.7. The minimum Gasteiger partial charge on any atom is -0.497 e. The SMILES string of the molecule is CCC(Sc1cccc(NC(=O)Cc2ccc(Cl)cc2)c1)C(=O)Nc1nc(-c2ccc(OC)cc2)cs1. The fourth-order valence-electron chi connectivity index (χ4n) is 3.54. The van der Waals surface area contributed by atoms with Crippen molar-refractivity contribution >= 4 is 57.3 Å². The maximum Gasteiger partial charge on any atom is 0.239 e. The zero-order valence-corrected chi connectivity index (χ0v) is 22.8. The standard InChI is InChI=1S/C28H26ClN3O3S2/c1-3-25(27(34)32-28-31-24(17-36-28)19-9-13-22(35-2)14-10-19)37-23-6-4-5-21(16-23)30-26(33)15-18-7-11-20(29)12-8-18/h4-14,16-17,25H,3,15H2,1-2H3,(H,30,33)(H,31,32,34). The Morgan fingerprint density at radius 3 is 2.51 bits per heavy atom. The monoisotopic (exact) mass is 551 g/mol. The van der Waals surface area contributed by atoms with Gasteiger partial charge >= 0.3 is 0 Å². The van der Waals surface area contributed by atoms with E-state index in [2.05, 4.69) is 15.6 Å². The third-order valence-corrected chi connectivity index (χ3v) is 7.83. The number of nitrogens with zero attached hydrogens (tertiary/aromatic N) is 1. The van der Waals surface area contributed by atoms with Gasteiger partial charge in [0.2, 0.25) is 11.8 Å². The van der Waals surface area contributed by atoms with Crippen LogP contribution in [0.3, 0.4) is 0 Å². The fraction of sp³-hybridized carbons (Fsp3) is 0.179. The van der Waals surface area contributed by atoms with Gasteiger partial charge in [0, 0.05) is 26.5 Å². The number of hydrogen-bond acceptors (Lipinski definition) is 6. The van der Waals surface area contributed by atoms with Crippen molar-refractivity contribution in [3.05, 3.63) is 88.8 Å². The van der Waals surface area contributed by atoms with Crippen molar-refractivity contribution in [2.24, 2.45) is 0 Å². The maximum atomic E-state index is 13.0. The van der Waals surface area contributed by atoms with Gasteiger partial charge in [0.1, 0.15) is 5.75 Å². The number of ether oxygens (including phenoxy) is 1. The van der Waals surface area contributed by atoms with Gasteiger partial charge in [-0.25, -0.2) is 4.98 Å². The molecule has 1 heterocycles. The molecule has 0 spiro atoms. The summed E-state index contributed by atoms with van der Waals surface area (Å²) in [7, 11) is 1.63. The number of amides is 2. The predicted octanol–water partition coefficient (Wildman–Crippen LogP) is 7.16. The molecular weight excluding hydrogens is 526 g/mol. The topological polar surface area (TPSA) is 80.3 Å². The van der Waals surface area contributed by atoms with Gasteiger partial charge in [-0.2, -0.15) is 0 Å². The Labute approximate surface area is 229 Å². The average Bonchev–Trinajstić information content (AvgIpc) is 3.37. The second-order valence-corrected chi connectivity index (χ2v) is 10.7. The lowest BCUT2D eigenvalue weighted by atomic mass is 10.1. The normalized spacial score (nSPS) is 11.5. The molecule has 1 unspecified atom stereocenters. The summed E-state index contributed by atoms with van der Waals surface area (Å²) < 4.78 is 5.20. The minimum absolute atomic E-state index is 0.111. The Bertz CT molecular complexity index is 1360. The molecule has 0 saturated carbocycles. The fourth-order valence-corrected chi connectivity index (χ4v) is 5.40. The largest absolute Gasteiger partial charge is 0.497 e. The second kappa shape index (κ2) is 12.8. The van der Waals surface area contributed by atoms with Gasteiger partial charge in [-0.3, -0.25) is 9.59 Å². The van der Waals surface area contributed by atoms with Gasteiger partial charge in [-0.1, -0.05) is 36.7 Å². The Kier molecular flexibility index (Phi) is 9.22. The molecule has 0 bridgehead atoms. The van der Waals surface area contributed by atoms with Crippen LogP contribution in [0.15, 0.2) is 83.1 Å². The van der Waals surface area contributed by atoms with Gasteiger partial charge in [0.25, 0.3) is 0 Å². The Morgan fingerprint density at radius 2 is 1.81 bits per heavy atom. The van der Waals surface area contributed by atoms with Crippen molar-refractivity contribution in [3.8, 4) is 17.0 Å². The highest BCUT2D eigenvalue weighted by atomic mass is 35.5. The summed E-state index contributed by atoms with van der Waals surface area (Å²) in [6.45, 7) is 1.97. The molecule has 0 fully saturated rings. The highest BCUT2D eigenvalue weighted by Crippen LogP contribution is 2.30. The number of benzene rings is 3. The van der Waals surface area contributed by atoms with Crippen LogP contribution >= 0.6 is 34.7 Å². The van der Waals surface area contributed by atoms with Crippen molar-refractivity contribution in [3.63, 3.8) is 0 Å². The molecule has 4 rings (SSSR count). The van der Waals surface area contributed by atoms with E-state index in [1.807, 2.05) is 73.0 Å². The molecule has 0 saturated heterocycles. The van der Waals surface area contributed by atoms with E-state index in [-0.39, 0.29) is 23.5 Å². The minimum atomic E-state index is -0.312. The highest BCUT2D eigenvalue weighted by molar-refractivity contribution is 8.00. The maximum absolute atomic E-state index is 13.0. The zero-order valence-electron chi connectivity index (χ0n) is 20.4. The number of nitrogens with one attached hydrogen (secondary N) is 2. The Hall–Kier alpha value is -3.33. The number of thiazole rings is 1. The molecule has 9 heteroatoms. The number of hydrogen-bond donors (Lipinski definition) is 2. The first-order chi connectivity index (χ1) is 17.9. The Balaban J connectivity index is 1.35. The number of carbonyl (C=O) groups is 2. The second-order valence-electron chi connectivity index (χ2n) is 8.15. The van der Waals surface area contributed by atoms with Crippen LogP contribution < -0.4 is 15.4 Å². The third kappa shape index (κ3) is 7.58. The molecule has 0 aliphatic carbocycles. The van der Waals surface area contributed by atoms with Crippen LogP contribution in [-0.2, 0) is 16.0 Å². The van der Waals surface area contributed by atoms with E-state index in [1.165, 1.54) is 23.1 Å². The molecule has 2 N–H and O–H groups in total. The van der Waals surface area contributed by atoms with Crippen molar-refractivity contribution < 1.29 is 14.3 Å². The summed E-state index contributed by atoms with van der Waals surface area (Å²) in [5, 5.41) is 8.67. The van der Waals surface area contributed by atoms with Gasteiger partial charge in [0.05, 0.1) is 24.5 Å². The van der Waals surface area contributed by atoms with E-state index < -0.39 is 0 Å². The quantitative estimate of drug-likeness (QED) is 0.204. The van der Waals surface area contributed by atoms with Crippen LogP contribution in [0.25, 0.3) is 11.3 Å².